The number of aromatic nitrogens is 1. The fourth-order valence-electron chi connectivity index (χ4n) is 0.730. The maximum atomic E-state index is 12.6. The lowest BCUT2D eigenvalue weighted by atomic mass is 10.2. The molecule has 60 valence electrons. The van der Waals surface area contributed by atoms with Crippen molar-refractivity contribution in [2.75, 3.05) is 6.67 Å². The van der Waals surface area contributed by atoms with E-state index in [4.69, 9.17) is 5.11 Å². The Bertz CT molecular complexity index is 242. The van der Waals surface area contributed by atoms with Gasteiger partial charge in [0.2, 0.25) is 5.95 Å². The van der Waals surface area contributed by atoms with Crippen LogP contribution in [0, 0.1) is 5.95 Å². The summed E-state index contributed by atoms with van der Waals surface area (Å²) in [5.74, 6) is -0.822. The van der Waals surface area contributed by atoms with Gasteiger partial charge in [-0.3, -0.25) is 0 Å². The van der Waals surface area contributed by atoms with Gasteiger partial charge in [-0.25, -0.2) is 9.37 Å². The Morgan fingerprint density at radius 2 is 2.36 bits per heavy atom. The smallest absolute Gasteiger partial charge is 0.218 e. The third-order valence-corrected chi connectivity index (χ3v) is 1.29. The zero-order valence-corrected chi connectivity index (χ0v) is 5.67. The standard InChI is InChI=1S/C7H7F2NO/c8-4-6(11)5-2-1-3-10-7(5)9/h1-3,6,11H,4H2/t6-/m1/s1. The van der Waals surface area contributed by atoms with Gasteiger partial charge in [-0.2, -0.15) is 4.39 Å². The van der Waals surface area contributed by atoms with E-state index in [1.165, 1.54) is 18.3 Å². The van der Waals surface area contributed by atoms with Crippen molar-refractivity contribution in [1.82, 2.24) is 4.98 Å². The summed E-state index contributed by atoms with van der Waals surface area (Å²) in [6.07, 6.45) is -0.159. The predicted molar refractivity (Wildman–Crippen MR) is 35.1 cm³/mol. The molecule has 0 aliphatic rings. The van der Waals surface area contributed by atoms with Gasteiger partial charge in [-0.1, -0.05) is 6.07 Å². The van der Waals surface area contributed by atoms with E-state index >= 15 is 0 Å². The Morgan fingerprint density at radius 1 is 1.64 bits per heavy atom. The summed E-state index contributed by atoms with van der Waals surface area (Å²) in [7, 11) is 0. The highest BCUT2D eigenvalue weighted by Crippen LogP contribution is 2.14. The fourth-order valence-corrected chi connectivity index (χ4v) is 0.730. The second kappa shape index (κ2) is 3.39. The first-order valence-electron chi connectivity index (χ1n) is 3.10. The minimum Gasteiger partial charge on any atom is -0.385 e. The van der Waals surface area contributed by atoms with Gasteiger partial charge >= 0.3 is 0 Å². The normalized spacial score (nSPS) is 13.0. The molecule has 0 bridgehead atoms. The summed E-state index contributed by atoms with van der Waals surface area (Å²) in [5.41, 5.74) is -0.102. The number of pyridine rings is 1. The van der Waals surface area contributed by atoms with Crippen LogP contribution in [0.2, 0.25) is 0 Å². The van der Waals surface area contributed by atoms with Crippen molar-refractivity contribution in [1.29, 1.82) is 0 Å². The van der Waals surface area contributed by atoms with Crippen LogP contribution in [0.25, 0.3) is 0 Å². The monoisotopic (exact) mass is 159 g/mol. The predicted octanol–water partition coefficient (Wildman–Crippen LogP) is 1.22. The van der Waals surface area contributed by atoms with Crippen LogP contribution >= 0.6 is 0 Å². The minimum atomic E-state index is -1.40. The zero-order chi connectivity index (χ0) is 8.27. The molecule has 4 heteroatoms. The molecule has 1 aromatic rings. The van der Waals surface area contributed by atoms with Gasteiger partial charge in [0.25, 0.3) is 0 Å². The molecule has 0 fully saturated rings. The average Bonchev–Trinajstić information content (AvgIpc) is 2.04. The van der Waals surface area contributed by atoms with E-state index in [0.29, 0.717) is 0 Å². The molecular formula is C7H7F2NO. The SMILES string of the molecule is O[C@H](CF)c1cccnc1F. The molecule has 1 aromatic heterocycles. The van der Waals surface area contributed by atoms with Crippen LogP contribution in [0.15, 0.2) is 18.3 Å². The van der Waals surface area contributed by atoms with Crippen molar-refractivity contribution >= 4 is 0 Å². The number of nitrogens with zero attached hydrogens (tertiary/aromatic N) is 1. The van der Waals surface area contributed by atoms with E-state index in [-0.39, 0.29) is 5.56 Å². The zero-order valence-electron chi connectivity index (χ0n) is 5.67. The van der Waals surface area contributed by atoms with E-state index in [0.717, 1.165) is 0 Å². The number of halogens is 2. The summed E-state index contributed by atoms with van der Waals surface area (Å²) >= 11 is 0. The van der Waals surface area contributed by atoms with Crippen molar-refractivity contribution in [3.05, 3.63) is 29.8 Å². The average molecular weight is 159 g/mol. The molecule has 1 rings (SSSR count). The summed E-state index contributed by atoms with van der Waals surface area (Å²) < 4.78 is 24.4. The van der Waals surface area contributed by atoms with Gasteiger partial charge in [0.15, 0.2) is 0 Å². The summed E-state index contributed by atoms with van der Waals surface area (Å²) in [4.78, 5) is 3.25. The van der Waals surface area contributed by atoms with Gasteiger partial charge in [0, 0.05) is 11.8 Å². The van der Waals surface area contributed by atoms with Crippen LogP contribution in [-0.2, 0) is 0 Å². The van der Waals surface area contributed by atoms with Gasteiger partial charge in [-0.05, 0) is 6.07 Å². The molecule has 0 unspecified atom stereocenters. The van der Waals surface area contributed by atoms with Crippen LogP contribution in [0.4, 0.5) is 8.78 Å². The Hall–Kier alpha value is -1.03. The summed E-state index contributed by atoms with van der Waals surface area (Å²) in [6, 6.07) is 2.74. The molecule has 0 saturated heterocycles. The first-order valence-corrected chi connectivity index (χ1v) is 3.10. The lowest BCUT2D eigenvalue weighted by Gasteiger charge is -2.04. The molecule has 0 aromatic carbocycles. The second-order valence-corrected chi connectivity index (χ2v) is 2.05. The van der Waals surface area contributed by atoms with Crippen LogP contribution < -0.4 is 0 Å². The van der Waals surface area contributed by atoms with Crippen molar-refractivity contribution in [2.24, 2.45) is 0 Å². The summed E-state index contributed by atoms with van der Waals surface area (Å²) in [5, 5.41) is 8.86. The van der Waals surface area contributed by atoms with E-state index in [2.05, 4.69) is 4.98 Å². The van der Waals surface area contributed by atoms with Crippen LogP contribution in [0.5, 0.6) is 0 Å². The molecule has 0 aliphatic heterocycles. The molecule has 0 spiro atoms. The van der Waals surface area contributed by atoms with E-state index in [1.54, 1.807) is 0 Å². The first kappa shape index (κ1) is 8.07. The largest absolute Gasteiger partial charge is 0.385 e. The molecule has 1 N–H and O–H groups in total. The van der Waals surface area contributed by atoms with Crippen molar-refractivity contribution in [3.8, 4) is 0 Å². The van der Waals surface area contributed by atoms with Crippen LogP contribution in [0.1, 0.15) is 11.7 Å². The highest BCUT2D eigenvalue weighted by molar-refractivity contribution is 5.13. The van der Waals surface area contributed by atoms with E-state index < -0.39 is 18.7 Å². The van der Waals surface area contributed by atoms with E-state index in [1.807, 2.05) is 0 Å². The van der Waals surface area contributed by atoms with Crippen LogP contribution in [0.3, 0.4) is 0 Å². The molecule has 2 nitrogen and oxygen atoms in total. The fraction of sp³-hybridized carbons (Fsp3) is 0.286. The molecule has 0 amide bonds. The molecule has 11 heavy (non-hydrogen) atoms. The van der Waals surface area contributed by atoms with Crippen molar-refractivity contribution < 1.29 is 13.9 Å². The first-order chi connectivity index (χ1) is 5.25. The maximum absolute atomic E-state index is 12.6. The summed E-state index contributed by atoms with van der Waals surface area (Å²) in [6.45, 7) is -0.997. The lowest BCUT2D eigenvalue weighted by Crippen LogP contribution is -2.03. The van der Waals surface area contributed by atoms with Crippen molar-refractivity contribution in [2.45, 2.75) is 6.10 Å². The second-order valence-electron chi connectivity index (χ2n) is 2.05. The van der Waals surface area contributed by atoms with Gasteiger partial charge in [-0.15, -0.1) is 0 Å². The molecule has 0 aliphatic carbocycles. The molecule has 0 radical (unpaired) electrons. The number of alkyl halides is 1. The topological polar surface area (TPSA) is 33.1 Å². The highest BCUT2D eigenvalue weighted by atomic mass is 19.1. The molecular weight excluding hydrogens is 152 g/mol. The lowest BCUT2D eigenvalue weighted by molar-refractivity contribution is 0.137. The number of aliphatic hydroxyl groups is 1. The minimum absolute atomic E-state index is 0.102. The van der Waals surface area contributed by atoms with Crippen LogP contribution in [-0.4, -0.2) is 16.8 Å². The molecule has 1 heterocycles. The van der Waals surface area contributed by atoms with Gasteiger partial charge in [0.05, 0.1) is 0 Å². The number of aliphatic hydroxyl groups excluding tert-OH is 1. The third kappa shape index (κ3) is 1.71. The Balaban J connectivity index is 2.93. The third-order valence-electron chi connectivity index (χ3n) is 1.29. The number of hydrogen-bond donors (Lipinski definition) is 1. The van der Waals surface area contributed by atoms with Gasteiger partial charge in [0.1, 0.15) is 12.8 Å². The quantitative estimate of drug-likeness (QED) is 0.658. The highest BCUT2D eigenvalue weighted by Gasteiger charge is 2.11. The Kier molecular flexibility index (Phi) is 2.48. The maximum Gasteiger partial charge on any atom is 0.218 e. The Labute approximate surface area is 62.5 Å². The van der Waals surface area contributed by atoms with Crippen molar-refractivity contribution in [3.63, 3.8) is 0 Å². The number of hydrogen-bond acceptors (Lipinski definition) is 2. The molecule has 0 saturated carbocycles. The Morgan fingerprint density at radius 3 is 2.91 bits per heavy atom. The molecule has 1 atom stereocenters. The van der Waals surface area contributed by atoms with Gasteiger partial charge < -0.3 is 5.11 Å². The number of rotatable bonds is 2. The van der Waals surface area contributed by atoms with E-state index in [9.17, 15) is 8.78 Å².